The zero-order valence-electron chi connectivity index (χ0n) is 9.58. The van der Waals surface area contributed by atoms with Crippen LogP contribution in [-0.2, 0) is 16.5 Å². The number of rotatable bonds is 5. The summed E-state index contributed by atoms with van der Waals surface area (Å²) < 4.78 is 5.42. The van der Waals surface area contributed by atoms with Gasteiger partial charge in [0, 0.05) is 0 Å². The molecule has 0 saturated heterocycles. The fraction of sp³-hybridized carbons (Fsp3) is 0.200. The molecule has 17 heavy (non-hydrogen) atoms. The Labute approximate surface area is 101 Å². The summed E-state index contributed by atoms with van der Waals surface area (Å²) in [6.07, 6.45) is -0.806. The third-order valence-corrected chi connectivity index (χ3v) is 2.55. The van der Waals surface area contributed by atoms with Crippen LogP contribution in [0.1, 0.15) is 17.2 Å². The maximum absolute atomic E-state index is 11.8. The van der Waals surface area contributed by atoms with Crippen molar-refractivity contribution in [2.75, 3.05) is 6.61 Å². The molecule has 0 aliphatic carbocycles. The molecular formula is C15H15O2. The predicted molar refractivity (Wildman–Crippen MR) is 66.0 cm³/mol. The zero-order chi connectivity index (χ0) is 11.9. The van der Waals surface area contributed by atoms with Gasteiger partial charge in [0.1, 0.15) is 6.10 Å². The summed E-state index contributed by atoms with van der Waals surface area (Å²) >= 11 is 0. The number of benzene rings is 2. The molecule has 0 aliphatic rings. The van der Waals surface area contributed by atoms with Crippen molar-refractivity contribution in [3.8, 4) is 0 Å². The molecule has 2 rings (SSSR count). The van der Waals surface area contributed by atoms with Crippen LogP contribution < -0.4 is 0 Å². The SMILES string of the molecule is [O]C(COCc1ccccc1)c1ccccc1. The second-order valence-electron chi connectivity index (χ2n) is 3.90. The minimum Gasteiger partial charge on any atom is -0.374 e. The van der Waals surface area contributed by atoms with Crippen LogP contribution in [0.25, 0.3) is 0 Å². The van der Waals surface area contributed by atoms with Crippen molar-refractivity contribution in [2.45, 2.75) is 12.7 Å². The normalized spacial score (nSPS) is 12.3. The lowest BCUT2D eigenvalue weighted by Crippen LogP contribution is -2.05. The molecule has 0 amide bonds. The smallest absolute Gasteiger partial charge is 0.141 e. The number of hydrogen-bond donors (Lipinski definition) is 0. The van der Waals surface area contributed by atoms with Crippen LogP contribution in [0, 0.1) is 0 Å². The van der Waals surface area contributed by atoms with Crippen LogP contribution in [-0.4, -0.2) is 6.61 Å². The molecule has 1 radical (unpaired) electrons. The highest BCUT2D eigenvalue weighted by atomic mass is 16.5. The van der Waals surface area contributed by atoms with Gasteiger partial charge in [-0.1, -0.05) is 60.7 Å². The van der Waals surface area contributed by atoms with Gasteiger partial charge in [0.05, 0.1) is 13.2 Å². The molecule has 0 fully saturated rings. The molecule has 0 saturated carbocycles. The number of ether oxygens (including phenoxy) is 1. The highest BCUT2D eigenvalue weighted by molar-refractivity contribution is 5.17. The Morgan fingerprint density at radius 3 is 2.12 bits per heavy atom. The molecule has 87 valence electrons. The Morgan fingerprint density at radius 2 is 1.47 bits per heavy atom. The maximum atomic E-state index is 11.8. The third kappa shape index (κ3) is 3.70. The van der Waals surface area contributed by atoms with Crippen LogP contribution in [0.3, 0.4) is 0 Å². The first kappa shape index (κ1) is 11.8. The Kier molecular flexibility index (Phi) is 4.30. The monoisotopic (exact) mass is 227 g/mol. The van der Waals surface area contributed by atoms with Gasteiger partial charge in [-0.2, -0.15) is 0 Å². The lowest BCUT2D eigenvalue weighted by Gasteiger charge is -2.09. The van der Waals surface area contributed by atoms with E-state index >= 15 is 0 Å². The molecule has 1 atom stereocenters. The Hall–Kier alpha value is -1.64. The van der Waals surface area contributed by atoms with E-state index in [2.05, 4.69) is 0 Å². The molecule has 2 aromatic carbocycles. The van der Waals surface area contributed by atoms with E-state index in [1.54, 1.807) is 0 Å². The molecule has 0 aromatic heterocycles. The van der Waals surface area contributed by atoms with Gasteiger partial charge in [0.15, 0.2) is 0 Å². The average Bonchev–Trinajstić information content (AvgIpc) is 2.41. The summed E-state index contributed by atoms with van der Waals surface area (Å²) in [5.74, 6) is 0. The second-order valence-corrected chi connectivity index (χ2v) is 3.90. The van der Waals surface area contributed by atoms with E-state index in [9.17, 15) is 5.11 Å². The van der Waals surface area contributed by atoms with Crippen molar-refractivity contribution < 1.29 is 9.84 Å². The van der Waals surface area contributed by atoms with Crippen molar-refractivity contribution in [1.82, 2.24) is 0 Å². The van der Waals surface area contributed by atoms with E-state index in [-0.39, 0.29) is 6.61 Å². The fourth-order valence-corrected chi connectivity index (χ4v) is 1.62. The van der Waals surface area contributed by atoms with E-state index in [1.807, 2.05) is 60.7 Å². The van der Waals surface area contributed by atoms with E-state index in [0.717, 1.165) is 11.1 Å². The first-order valence-electron chi connectivity index (χ1n) is 5.68. The summed E-state index contributed by atoms with van der Waals surface area (Å²) in [5, 5.41) is 11.8. The van der Waals surface area contributed by atoms with Crippen molar-refractivity contribution in [2.24, 2.45) is 0 Å². The Morgan fingerprint density at radius 1 is 0.882 bits per heavy atom. The van der Waals surface area contributed by atoms with Crippen molar-refractivity contribution >= 4 is 0 Å². The van der Waals surface area contributed by atoms with Gasteiger partial charge in [0.25, 0.3) is 0 Å². The third-order valence-electron chi connectivity index (χ3n) is 2.55. The molecular weight excluding hydrogens is 212 g/mol. The Balaban J connectivity index is 1.79. The molecule has 0 aliphatic heterocycles. The topological polar surface area (TPSA) is 29.1 Å². The molecule has 0 N–H and O–H groups in total. The predicted octanol–water partition coefficient (Wildman–Crippen LogP) is 3.38. The molecule has 1 unspecified atom stereocenters. The van der Waals surface area contributed by atoms with Gasteiger partial charge in [0.2, 0.25) is 0 Å². The average molecular weight is 227 g/mol. The van der Waals surface area contributed by atoms with Crippen molar-refractivity contribution in [3.05, 3.63) is 71.8 Å². The van der Waals surface area contributed by atoms with Gasteiger partial charge < -0.3 is 4.74 Å². The van der Waals surface area contributed by atoms with Crippen molar-refractivity contribution in [1.29, 1.82) is 0 Å². The van der Waals surface area contributed by atoms with Gasteiger partial charge in [-0.3, -0.25) is 0 Å². The summed E-state index contributed by atoms with van der Waals surface area (Å²) in [7, 11) is 0. The highest BCUT2D eigenvalue weighted by Gasteiger charge is 2.08. The first-order valence-corrected chi connectivity index (χ1v) is 5.68. The summed E-state index contributed by atoms with van der Waals surface area (Å²) in [4.78, 5) is 0. The van der Waals surface area contributed by atoms with Crippen LogP contribution in [0.15, 0.2) is 60.7 Å². The van der Waals surface area contributed by atoms with E-state index < -0.39 is 6.10 Å². The van der Waals surface area contributed by atoms with Crippen molar-refractivity contribution in [3.63, 3.8) is 0 Å². The van der Waals surface area contributed by atoms with Crippen LogP contribution in [0.4, 0.5) is 0 Å². The standard InChI is InChI=1S/C15H15O2/c16-15(14-9-5-2-6-10-14)12-17-11-13-7-3-1-4-8-13/h1-10,15H,11-12H2. The van der Waals surface area contributed by atoms with E-state index in [1.165, 1.54) is 0 Å². The molecule has 2 heteroatoms. The maximum Gasteiger partial charge on any atom is 0.141 e. The van der Waals surface area contributed by atoms with Crippen LogP contribution in [0.5, 0.6) is 0 Å². The van der Waals surface area contributed by atoms with Crippen LogP contribution >= 0.6 is 0 Å². The fourth-order valence-electron chi connectivity index (χ4n) is 1.62. The van der Waals surface area contributed by atoms with E-state index in [0.29, 0.717) is 6.61 Å². The van der Waals surface area contributed by atoms with Gasteiger partial charge in [-0.15, -0.1) is 0 Å². The molecule has 2 aromatic rings. The van der Waals surface area contributed by atoms with Crippen LogP contribution in [0.2, 0.25) is 0 Å². The summed E-state index contributed by atoms with van der Waals surface area (Å²) in [6.45, 7) is 0.700. The minimum absolute atomic E-state index is 0.207. The highest BCUT2D eigenvalue weighted by Crippen LogP contribution is 2.13. The summed E-state index contributed by atoms with van der Waals surface area (Å²) in [6, 6.07) is 19.2. The Bertz CT molecular complexity index is 425. The summed E-state index contributed by atoms with van der Waals surface area (Å²) in [5.41, 5.74) is 1.87. The molecule has 2 nitrogen and oxygen atoms in total. The van der Waals surface area contributed by atoms with E-state index in [4.69, 9.17) is 4.74 Å². The zero-order valence-corrected chi connectivity index (χ0v) is 9.58. The van der Waals surface area contributed by atoms with Gasteiger partial charge >= 0.3 is 0 Å². The lowest BCUT2D eigenvalue weighted by molar-refractivity contribution is -0.0107. The second kappa shape index (κ2) is 6.18. The number of hydrogen-bond acceptors (Lipinski definition) is 1. The molecule has 0 bridgehead atoms. The minimum atomic E-state index is -0.806. The van der Waals surface area contributed by atoms with Gasteiger partial charge in [-0.25, -0.2) is 5.11 Å². The first-order chi connectivity index (χ1) is 8.36. The quantitative estimate of drug-likeness (QED) is 0.769. The largest absolute Gasteiger partial charge is 0.374 e. The van der Waals surface area contributed by atoms with Gasteiger partial charge in [-0.05, 0) is 11.1 Å². The lowest BCUT2D eigenvalue weighted by atomic mass is 10.1. The molecule has 0 spiro atoms. The molecule has 0 heterocycles.